The Morgan fingerprint density at radius 1 is 1.29 bits per heavy atom. The molecule has 0 aromatic carbocycles. The van der Waals surface area contributed by atoms with Crippen LogP contribution in [0.5, 0.6) is 0 Å². The Bertz CT molecular complexity index is 498. The summed E-state index contributed by atoms with van der Waals surface area (Å²) in [7, 11) is 0. The van der Waals surface area contributed by atoms with Crippen molar-refractivity contribution < 1.29 is 22.8 Å². The Labute approximate surface area is 92.9 Å². The molecule has 8 heteroatoms. The molecule has 90 valence electrons. The fourth-order valence-corrected chi connectivity index (χ4v) is 1.21. The predicted octanol–water partition coefficient (Wildman–Crippen LogP) is 1.73. The summed E-state index contributed by atoms with van der Waals surface area (Å²) in [5, 5.41) is 12.5. The molecule has 0 saturated heterocycles. The van der Waals surface area contributed by atoms with Gasteiger partial charge in [-0.05, 0) is 17.7 Å². The molecule has 0 aliphatic carbocycles. The third-order valence-corrected chi connectivity index (χ3v) is 2.00. The van der Waals surface area contributed by atoms with Crippen LogP contribution in [0.15, 0.2) is 29.2 Å². The molecule has 0 radical (unpaired) electrons. The van der Waals surface area contributed by atoms with Crippen LogP contribution < -0.4 is 0 Å². The molecule has 0 fully saturated rings. The molecule has 1 N–H and O–H groups in total. The molecule has 2 aromatic heterocycles. The van der Waals surface area contributed by atoms with Gasteiger partial charge in [-0.2, -0.15) is 18.2 Å². The lowest BCUT2D eigenvalue weighted by Gasteiger charge is -2.14. The minimum atomic E-state index is -4.73. The highest BCUT2D eigenvalue weighted by Gasteiger charge is 2.39. The molecule has 1 atom stereocenters. The van der Waals surface area contributed by atoms with Crippen molar-refractivity contribution >= 4 is 0 Å². The van der Waals surface area contributed by atoms with Crippen LogP contribution in [0, 0.1) is 0 Å². The summed E-state index contributed by atoms with van der Waals surface area (Å²) < 4.78 is 41.3. The predicted molar refractivity (Wildman–Crippen MR) is 48.5 cm³/mol. The van der Waals surface area contributed by atoms with Crippen LogP contribution >= 0.6 is 0 Å². The monoisotopic (exact) mass is 245 g/mol. The van der Waals surface area contributed by atoms with E-state index in [2.05, 4.69) is 19.6 Å². The van der Waals surface area contributed by atoms with E-state index in [1.54, 1.807) is 0 Å². The quantitative estimate of drug-likeness (QED) is 0.872. The second kappa shape index (κ2) is 4.13. The van der Waals surface area contributed by atoms with Gasteiger partial charge in [0.1, 0.15) is 5.69 Å². The Morgan fingerprint density at radius 3 is 2.65 bits per heavy atom. The van der Waals surface area contributed by atoms with Crippen molar-refractivity contribution in [3.8, 4) is 11.5 Å². The molecule has 5 nitrogen and oxygen atoms in total. The van der Waals surface area contributed by atoms with Gasteiger partial charge < -0.3 is 9.63 Å². The van der Waals surface area contributed by atoms with E-state index < -0.39 is 12.3 Å². The van der Waals surface area contributed by atoms with Crippen LogP contribution in [-0.2, 0) is 0 Å². The van der Waals surface area contributed by atoms with Gasteiger partial charge in [0.15, 0.2) is 6.10 Å². The van der Waals surface area contributed by atoms with Crippen LogP contribution in [0.2, 0.25) is 0 Å². The van der Waals surface area contributed by atoms with Gasteiger partial charge in [0.25, 0.3) is 0 Å². The zero-order chi connectivity index (χ0) is 12.5. The first-order valence-electron chi connectivity index (χ1n) is 4.46. The maximum Gasteiger partial charge on any atom is 0.418 e. The van der Waals surface area contributed by atoms with E-state index in [9.17, 15) is 13.2 Å². The average Bonchev–Trinajstić information content (AvgIpc) is 2.80. The highest BCUT2D eigenvalue weighted by atomic mass is 19.4. The average molecular weight is 245 g/mol. The summed E-state index contributed by atoms with van der Waals surface area (Å²) >= 11 is 0. The minimum absolute atomic E-state index is 0.0567. The molecular weight excluding hydrogens is 239 g/mol. The Kier molecular flexibility index (Phi) is 2.80. The second-order valence-corrected chi connectivity index (χ2v) is 3.17. The first kappa shape index (κ1) is 11.5. The Hall–Kier alpha value is -1.96. The van der Waals surface area contributed by atoms with Crippen molar-refractivity contribution in [2.75, 3.05) is 0 Å². The van der Waals surface area contributed by atoms with Crippen LogP contribution in [-0.4, -0.2) is 26.4 Å². The SMILES string of the molecule is OC(c1ccnc(-c2ncon2)c1)C(F)(F)F. The van der Waals surface area contributed by atoms with Crippen LogP contribution in [0.4, 0.5) is 13.2 Å². The van der Waals surface area contributed by atoms with Gasteiger partial charge in [-0.15, -0.1) is 0 Å². The van der Waals surface area contributed by atoms with E-state index >= 15 is 0 Å². The molecule has 1 unspecified atom stereocenters. The molecule has 2 rings (SSSR count). The standard InChI is InChI=1S/C9H6F3N3O2/c10-9(11,12)7(16)5-1-2-13-6(3-5)8-14-4-17-15-8/h1-4,7,16H. The zero-order valence-corrected chi connectivity index (χ0v) is 8.22. The first-order valence-corrected chi connectivity index (χ1v) is 4.46. The summed E-state index contributed by atoms with van der Waals surface area (Å²) in [6.45, 7) is 0. The molecule has 0 amide bonds. The van der Waals surface area contributed by atoms with Crippen molar-refractivity contribution in [3.05, 3.63) is 30.3 Å². The molecule has 0 aliphatic rings. The number of aliphatic hydroxyl groups excluding tert-OH is 1. The van der Waals surface area contributed by atoms with Gasteiger partial charge in [-0.3, -0.25) is 4.98 Å². The van der Waals surface area contributed by atoms with Crippen LogP contribution in [0.25, 0.3) is 11.5 Å². The fourth-order valence-electron chi connectivity index (χ4n) is 1.21. The van der Waals surface area contributed by atoms with Gasteiger partial charge in [0, 0.05) is 6.20 Å². The molecule has 2 heterocycles. The number of hydrogen-bond donors (Lipinski definition) is 1. The van der Waals surface area contributed by atoms with E-state index in [0.717, 1.165) is 24.7 Å². The van der Waals surface area contributed by atoms with Crippen molar-refractivity contribution in [2.45, 2.75) is 12.3 Å². The lowest BCUT2D eigenvalue weighted by atomic mass is 10.1. The molecule has 2 aromatic rings. The Morgan fingerprint density at radius 2 is 2.06 bits per heavy atom. The third-order valence-electron chi connectivity index (χ3n) is 2.00. The van der Waals surface area contributed by atoms with Gasteiger partial charge in [-0.25, -0.2) is 0 Å². The van der Waals surface area contributed by atoms with Crippen molar-refractivity contribution in [3.63, 3.8) is 0 Å². The molecule has 0 spiro atoms. The minimum Gasteiger partial charge on any atom is -0.379 e. The first-order chi connectivity index (χ1) is 7.98. The van der Waals surface area contributed by atoms with E-state index in [1.165, 1.54) is 0 Å². The zero-order valence-electron chi connectivity index (χ0n) is 8.22. The van der Waals surface area contributed by atoms with Gasteiger partial charge >= 0.3 is 6.18 Å². The highest BCUT2D eigenvalue weighted by Crippen LogP contribution is 2.32. The smallest absolute Gasteiger partial charge is 0.379 e. The molecule has 0 bridgehead atoms. The fraction of sp³-hybridized carbons (Fsp3) is 0.222. The number of pyridine rings is 1. The van der Waals surface area contributed by atoms with E-state index in [0.29, 0.717) is 0 Å². The summed E-state index contributed by atoms with van der Waals surface area (Å²) in [6.07, 6.45) is -5.12. The molecule has 0 aliphatic heterocycles. The lowest BCUT2D eigenvalue weighted by Crippen LogP contribution is -2.20. The lowest BCUT2D eigenvalue weighted by molar-refractivity contribution is -0.206. The van der Waals surface area contributed by atoms with Gasteiger partial charge in [-0.1, -0.05) is 5.16 Å². The van der Waals surface area contributed by atoms with Gasteiger partial charge in [0.05, 0.1) is 0 Å². The number of aromatic nitrogens is 3. The summed E-state index contributed by atoms with van der Waals surface area (Å²) in [5.74, 6) is 0.0567. The van der Waals surface area contributed by atoms with Crippen molar-refractivity contribution in [1.29, 1.82) is 0 Å². The van der Waals surface area contributed by atoms with Crippen LogP contribution in [0.1, 0.15) is 11.7 Å². The van der Waals surface area contributed by atoms with Crippen LogP contribution in [0.3, 0.4) is 0 Å². The number of alkyl halides is 3. The summed E-state index contributed by atoms with van der Waals surface area (Å²) in [6, 6.07) is 2.13. The second-order valence-electron chi connectivity index (χ2n) is 3.17. The number of nitrogens with zero attached hydrogens (tertiary/aromatic N) is 3. The topological polar surface area (TPSA) is 72.0 Å². The molecule has 0 saturated carbocycles. The summed E-state index contributed by atoms with van der Waals surface area (Å²) in [4.78, 5) is 7.43. The normalized spacial score (nSPS) is 13.6. The van der Waals surface area contributed by atoms with Crippen molar-refractivity contribution in [2.24, 2.45) is 0 Å². The number of halogens is 3. The van der Waals surface area contributed by atoms with E-state index in [-0.39, 0.29) is 17.1 Å². The van der Waals surface area contributed by atoms with Gasteiger partial charge in [0.2, 0.25) is 12.2 Å². The third kappa shape index (κ3) is 2.41. The maximum absolute atomic E-state index is 12.3. The van der Waals surface area contributed by atoms with E-state index in [1.807, 2.05) is 0 Å². The maximum atomic E-state index is 12.3. The van der Waals surface area contributed by atoms with Crippen molar-refractivity contribution in [1.82, 2.24) is 15.1 Å². The highest BCUT2D eigenvalue weighted by molar-refractivity contribution is 5.49. The van der Waals surface area contributed by atoms with E-state index in [4.69, 9.17) is 5.11 Å². The number of rotatable bonds is 2. The largest absolute Gasteiger partial charge is 0.418 e. The number of hydrogen-bond acceptors (Lipinski definition) is 5. The Balaban J connectivity index is 2.36. The summed E-state index contributed by atoms with van der Waals surface area (Å²) in [5.41, 5.74) is -0.230. The molecular formula is C9H6F3N3O2. The number of aliphatic hydroxyl groups is 1. The molecule has 17 heavy (non-hydrogen) atoms.